The van der Waals surface area contributed by atoms with Crippen molar-refractivity contribution in [2.24, 2.45) is 5.10 Å². The molecule has 2 heterocycles. The SMILES string of the molecule is Cc1cccc2c1OCCC2=NNc1ccc2ccccc2n1. The number of hydrogen-bond donors (Lipinski definition) is 1. The first-order valence-electron chi connectivity index (χ1n) is 7.72. The predicted molar refractivity (Wildman–Crippen MR) is 93.2 cm³/mol. The van der Waals surface area contributed by atoms with E-state index in [0.717, 1.165) is 45.7 Å². The number of para-hydroxylation sites is 2. The molecule has 2 aromatic carbocycles. The van der Waals surface area contributed by atoms with Crippen LogP contribution in [-0.2, 0) is 0 Å². The summed E-state index contributed by atoms with van der Waals surface area (Å²) in [5.41, 5.74) is 7.25. The van der Waals surface area contributed by atoms with Crippen LogP contribution >= 0.6 is 0 Å². The highest BCUT2D eigenvalue weighted by Gasteiger charge is 2.18. The molecule has 0 fully saturated rings. The molecule has 0 bridgehead atoms. The second kappa shape index (κ2) is 5.72. The Labute approximate surface area is 134 Å². The molecule has 114 valence electrons. The fourth-order valence-electron chi connectivity index (χ4n) is 2.82. The number of aryl methyl sites for hydroxylation is 1. The lowest BCUT2D eigenvalue weighted by Gasteiger charge is -2.20. The Balaban J connectivity index is 1.65. The quantitative estimate of drug-likeness (QED) is 0.724. The topological polar surface area (TPSA) is 46.5 Å². The van der Waals surface area contributed by atoms with E-state index in [2.05, 4.69) is 40.6 Å². The van der Waals surface area contributed by atoms with Crippen molar-refractivity contribution in [1.29, 1.82) is 0 Å². The maximum Gasteiger partial charge on any atom is 0.146 e. The monoisotopic (exact) mass is 303 g/mol. The van der Waals surface area contributed by atoms with E-state index < -0.39 is 0 Å². The van der Waals surface area contributed by atoms with Crippen molar-refractivity contribution in [1.82, 2.24) is 4.98 Å². The molecule has 0 spiro atoms. The molecule has 1 aliphatic rings. The predicted octanol–water partition coefficient (Wildman–Crippen LogP) is 4.14. The fraction of sp³-hybridized carbons (Fsp3) is 0.158. The van der Waals surface area contributed by atoms with Gasteiger partial charge in [-0.3, -0.25) is 5.43 Å². The van der Waals surface area contributed by atoms with Crippen LogP contribution in [0.1, 0.15) is 17.5 Å². The first-order valence-corrected chi connectivity index (χ1v) is 7.72. The number of ether oxygens (including phenoxy) is 1. The first kappa shape index (κ1) is 13.8. The minimum absolute atomic E-state index is 0.656. The van der Waals surface area contributed by atoms with E-state index in [1.54, 1.807) is 0 Å². The second-order valence-corrected chi connectivity index (χ2v) is 5.61. The van der Waals surface area contributed by atoms with Gasteiger partial charge in [-0.15, -0.1) is 0 Å². The van der Waals surface area contributed by atoms with E-state index in [1.165, 1.54) is 0 Å². The van der Waals surface area contributed by atoms with Gasteiger partial charge in [-0.1, -0.05) is 30.3 Å². The van der Waals surface area contributed by atoms with Gasteiger partial charge in [-0.2, -0.15) is 5.10 Å². The summed E-state index contributed by atoms with van der Waals surface area (Å²) in [5.74, 6) is 1.68. The molecule has 23 heavy (non-hydrogen) atoms. The average Bonchev–Trinajstić information content (AvgIpc) is 2.60. The van der Waals surface area contributed by atoms with Crippen LogP contribution < -0.4 is 10.2 Å². The summed E-state index contributed by atoms with van der Waals surface area (Å²) in [5, 5.41) is 5.69. The van der Waals surface area contributed by atoms with E-state index in [9.17, 15) is 0 Å². The van der Waals surface area contributed by atoms with Crippen molar-refractivity contribution in [3.8, 4) is 5.75 Å². The van der Waals surface area contributed by atoms with Gasteiger partial charge in [0.2, 0.25) is 0 Å². The Hall–Kier alpha value is -2.88. The zero-order chi connectivity index (χ0) is 15.6. The first-order chi connectivity index (χ1) is 11.3. The van der Waals surface area contributed by atoms with Crippen LogP contribution in [0.4, 0.5) is 5.82 Å². The number of hydrazone groups is 1. The lowest BCUT2D eigenvalue weighted by atomic mass is 10.0. The zero-order valence-electron chi connectivity index (χ0n) is 12.9. The number of fused-ring (bicyclic) bond motifs is 2. The van der Waals surface area contributed by atoms with E-state index >= 15 is 0 Å². The highest BCUT2D eigenvalue weighted by Crippen LogP contribution is 2.28. The van der Waals surface area contributed by atoms with Crippen LogP contribution in [0.3, 0.4) is 0 Å². The minimum Gasteiger partial charge on any atom is -0.492 e. The third-order valence-corrected chi connectivity index (χ3v) is 4.01. The molecule has 1 aliphatic heterocycles. The van der Waals surface area contributed by atoms with Crippen LogP contribution in [0.25, 0.3) is 10.9 Å². The smallest absolute Gasteiger partial charge is 0.146 e. The largest absolute Gasteiger partial charge is 0.492 e. The summed E-state index contributed by atoms with van der Waals surface area (Å²) in [6.45, 7) is 2.71. The van der Waals surface area contributed by atoms with Crippen molar-refractivity contribution in [3.63, 3.8) is 0 Å². The molecule has 4 nitrogen and oxygen atoms in total. The molecule has 0 saturated heterocycles. The molecule has 3 aromatic rings. The average molecular weight is 303 g/mol. The van der Waals surface area contributed by atoms with Crippen LogP contribution in [-0.4, -0.2) is 17.3 Å². The van der Waals surface area contributed by atoms with Gasteiger partial charge in [-0.25, -0.2) is 4.98 Å². The van der Waals surface area contributed by atoms with Gasteiger partial charge in [0.05, 0.1) is 17.8 Å². The van der Waals surface area contributed by atoms with Crippen molar-refractivity contribution >= 4 is 22.4 Å². The van der Waals surface area contributed by atoms with Crippen LogP contribution in [0.2, 0.25) is 0 Å². The highest BCUT2D eigenvalue weighted by atomic mass is 16.5. The van der Waals surface area contributed by atoms with Crippen molar-refractivity contribution in [2.45, 2.75) is 13.3 Å². The van der Waals surface area contributed by atoms with E-state index in [0.29, 0.717) is 6.61 Å². The van der Waals surface area contributed by atoms with E-state index in [4.69, 9.17) is 4.74 Å². The summed E-state index contributed by atoms with van der Waals surface area (Å²) in [6, 6.07) is 18.2. The fourth-order valence-corrected chi connectivity index (χ4v) is 2.82. The van der Waals surface area contributed by atoms with Crippen LogP contribution in [0.15, 0.2) is 59.7 Å². The number of rotatable bonds is 2. The molecular formula is C19H17N3O. The van der Waals surface area contributed by atoms with Gasteiger partial charge in [0.1, 0.15) is 11.6 Å². The third kappa shape index (κ3) is 2.63. The molecule has 0 amide bonds. The number of pyridine rings is 1. The summed E-state index contributed by atoms with van der Waals surface area (Å²) in [6.07, 6.45) is 0.789. The van der Waals surface area contributed by atoms with Gasteiger partial charge in [0.25, 0.3) is 0 Å². The molecule has 0 radical (unpaired) electrons. The Morgan fingerprint density at radius 1 is 1.04 bits per heavy atom. The molecule has 4 heteroatoms. The van der Waals surface area contributed by atoms with Crippen molar-refractivity contribution in [3.05, 3.63) is 65.7 Å². The van der Waals surface area contributed by atoms with E-state index in [-0.39, 0.29) is 0 Å². The molecule has 0 atom stereocenters. The highest BCUT2D eigenvalue weighted by molar-refractivity contribution is 6.04. The lowest BCUT2D eigenvalue weighted by Crippen LogP contribution is -2.18. The normalized spacial score (nSPS) is 15.3. The Bertz CT molecular complexity index is 902. The lowest BCUT2D eigenvalue weighted by molar-refractivity contribution is 0.318. The second-order valence-electron chi connectivity index (χ2n) is 5.61. The number of nitrogens with one attached hydrogen (secondary N) is 1. The minimum atomic E-state index is 0.656. The molecule has 0 saturated carbocycles. The summed E-state index contributed by atoms with van der Waals surface area (Å²) < 4.78 is 5.77. The Morgan fingerprint density at radius 3 is 2.91 bits per heavy atom. The molecule has 1 N–H and O–H groups in total. The van der Waals surface area contributed by atoms with Crippen molar-refractivity contribution < 1.29 is 4.74 Å². The maximum atomic E-state index is 5.77. The van der Waals surface area contributed by atoms with Gasteiger partial charge in [0, 0.05) is 17.4 Å². The van der Waals surface area contributed by atoms with Crippen LogP contribution in [0, 0.1) is 6.92 Å². The number of nitrogens with zero attached hydrogens (tertiary/aromatic N) is 2. The van der Waals surface area contributed by atoms with Crippen LogP contribution in [0.5, 0.6) is 5.75 Å². The van der Waals surface area contributed by atoms with Gasteiger partial charge < -0.3 is 4.74 Å². The molecule has 4 rings (SSSR count). The van der Waals surface area contributed by atoms with E-state index in [1.807, 2.05) is 36.4 Å². The maximum absolute atomic E-state index is 5.77. The number of benzene rings is 2. The number of hydrogen-bond acceptors (Lipinski definition) is 4. The zero-order valence-corrected chi connectivity index (χ0v) is 12.9. The third-order valence-electron chi connectivity index (χ3n) is 4.01. The standard InChI is InChI=1S/C19H17N3O/c1-13-5-4-7-15-17(11-12-23-19(13)15)21-22-18-10-9-14-6-2-3-8-16(14)20-18/h2-10H,11-12H2,1H3,(H,20,22). The van der Waals surface area contributed by atoms with Gasteiger partial charge in [-0.05, 0) is 36.8 Å². The Morgan fingerprint density at radius 2 is 1.96 bits per heavy atom. The number of anilines is 1. The molecule has 0 aliphatic carbocycles. The molecule has 0 unspecified atom stereocenters. The van der Waals surface area contributed by atoms with Gasteiger partial charge >= 0.3 is 0 Å². The summed E-state index contributed by atoms with van der Waals surface area (Å²) >= 11 is 0. The van der Waals surface area contributed by atoms with Crippen molar-refractivity contribution in [2.75, 3.05) is 12.0 Å². The summed E-state index contributed by atoms with van der Waals surface area (Å²) in [4.78, 5) is 4.58. The number of aromatic nitrogens is 1. The molecular weight excluding hydrogens is 286 g/mol. The molecule has 1 aromatic heterocycles. The van der Waals surface area contributed by atoms with Gasteiger partial charge in [0.15, 0.2) is 0 Å². The Kier molecular flexibility index (Phi) is 3.42. The summed E-state index contributed by atoms with van der Waals surface area (Å²) in [7, 11) is 0.